The molecule has 0 bridgehead atoms. The number of nitrogens with two attached hydrogens (primary N) is 2. The minimum absolute atomic E-state index is 0.0242. The third kappa shape index (κ3) is 7.33. The Morgan fingerprint density at radius 3 is 1.37 bits per heavy atom. The molecule has 10 heteroatoms. The average Bonchev–Trinajstić information content (AvgIpc) is 3.06. The number of nitrogen functional groups attached to an aromatic ring is 2. The van der Waals surface area contributed by atoms with Gasteiger partial charge in [-0.05, 0) is 116 Å². The molecular weight excluding hydrogens is 642 g/mol. The number of rotatable bonds is 7. The highest BCUT2D eigenvalue weighted by atomic mass is 19.4. The van der Waals surface area contributed by atoms with E-state index in [9.17, 15) is 26.3 Å². The van der Waals surface area contributed by atoms with E-state index in [4.69, 9.17) is 20.9 Å². The van der Waals surface area contributed by atoms with E-state index in [-0.39, 0.29) is 34.4 Å². The smallest absolute Gasteiger partial charge is 0.420 e. The van der Waals surface area contributed by atoms with Gasteiger partial charge < -0.3 is 20.9 Å². The maximum Gasteiger partial charge on any atom is 0.420 e. The van der Waals surface area contributed by atoms with Crippen molar-refractivity contribution in [3.63, 3.8) is 0 Å². The monoisotopic (exact) mass is 676 g/mol. The zero-order chi connectivity index (χ0) is 35.0. The molecule has 254 valence electrons. The van der Waals surface area contributed by atoms with Gasteiger partial charge in [0.1, 0.15) is 34.1 Å². The molecule has 0 saturated heterocycles. The van der Waals surface area contributed by atoms with Crippen molar-refractivity contribution in [2.24, 2.45) is 0 Å². The summed E-state index contributed by atoms with van der Waals surface area (Å²) in [5.74, 6) is 0.100. The third-order valence-electron chi connectivity index (χ3n) is 9.28. The largest absolute Gasteiger partial charge is 0.457 e. The Bertz CT molecular complexity index is 1800. The van der Waals surface area contributed by atoms with Gasteiger partial charge in [-0.25, -0.2) is 0 Å². The molecule has 0 heterocycles. The SMILES string of the molecule is Cc1ccc(C2CCC(c3ccc(Oc4ccc(N)cc4C(F)(F)F)cc3)(c3ccc(Oc4ccc(N)cc4C(F)(F)F)cc3)CC2)cc1. The molecule has 6 rings (SSSR count). The van der Waals surface area contributed by atoms with Crippen molar-refractivity contribution < 1.29 is 35.8 Å². The quantitative estimate of drug-likeness (QED) is 0.133. The van der Waals surface area contributed by atoms with E-state index in [2.05, 4.69) is 24.3 Å². The zero-order valence-electron chi connectivity index (χ0n) is 26.5. The Kier molecular flexibility index (Phi) is 9.00. The Morgan fingerprint density at radius 1 is 0.571 bits per heavy atom. The molecule has 1 fully saturated rings. The molecule has 1 saturated carbocycles. The first-order chi connectivity index (χ1) is 23.2. The number of alkyl halides is 6. The lowest BCUT2D eigenvalue weighted by Gasteiger charge is -2.41. The number of anilines is 2. The van der Waals surface area contributed by atoms with Crippen molar-refractivity contribution >= 4 is 11.4 Å². The zero-order valence-corrected chi connectivity index (χ0v) is 26.5. The van der Waals surface area contributed by atoms with Gasteiger partial charge in [-0.15, -0.1) is 0 Å². The van der Waals surface area contributed by atoms with Crippen LogP contribution in [-0.4, -0.2) is 0 Å². The topological polar surface area (TPSA) is 70.5 Å². The van der Waals surface area contributed by atoms with E-state index >= 15 is 0 Å². The molecule has 0 aliphatic heterocycles. The predicted molar refractivity (Wildman–Crippen MR) is 178 cm³/mol. The number of benzene rings is 5. The van der Waals surface area contributed by atoms with Crippen molar-refractivity contribution in [3.8, 4) is 23.0 Å². The van der Waals surface area contributed by atoms with Gasteiger partial charge in [-0.1, -0.05) is 54.1 Å². The van der Waals surface area contributed by atoms with E-state index < -0.39 is 28.9 Å². The summed E-state index contributed by atoms with van der Waals surface area (Å²) in [5, 5.41) is 0. The van der Waals surface area contributed by atoms with Crippen molar-refractivity contribution in [2.45, 2.75) is 56.3 Å². The third-order valence-corrected chi connectivity index (χ3v) is 9.28. The summed E-state index contributed by atoms with van der Waals surface area (Å²) in [6, 6.07) is 29.4. The molecule has 0 aromatic heterocycles. The first-order valence-electron chi connectivity index (χ1n) is 15.8. The lowest BCUT2D eigenvalue weighted by Crippen LogP contribution is -2.32. The lowest BCUT2D eigenvalue weighted by atomic mass is 9.62. The maximum absolute atomic E-state index is 13.7. The molecular formula is C39H34F6N2O2. The second-order valence-corrected chi connectivity index (χ2v) is 12.5. The van der Waals surface area contributed by atoms with Gasteiger partial charge in [0.15, 0.2) is 0 Å². The van der Waals surface area contributed by atoms with Crippen LogP contribution in [0.3, 0.4) is 0 Å². The summed E-state index contributed by atoms with van der Waals surface area (Å²) < 4.78 is 93.5. The van der Waals surface area contributed by atoms with Gasteiger partial charge >= 0.3 is 12.4 Å². The highest BCUT2D eigenvalue weighted by molar-refractivity contribution is 5.53. The summed E-state index contributed by atoms with van der Waals surface area (Å²) in [6.45, 7) is 2.05. The Balaban J connectivity index is 1.31. The second-order valence-electron chi connectivity index (χ2n) is 12.5. The van der Waals surface area contributed by atoms with E-state index in [1.54, 1.807) is 24.3 Å². The summed E-state index contributed by atoms with van der Waals surface area (Å²) in [6.07, 6.45) is -6.02. The van der Waals surface area contributed by atoms with E-state index in [1.807, 2.05) is 31.2 Å². The molecule has 0 amide bonds. The lowest BCUT2D eigenvalue weighted by molar-refractivity contribution is -0.139. The van der Waals surface area contributed by atoms with Crippen LogP contribution in [0, 0.1) is 6.92 Å². The van der Waals surface area contributed by atoms with Crippen LogP contribution in [0.25, 0.3) is 0 Å². The van der Waals surface area contributed by atoms with Crippen molar-refractivity contribution in [2.75, 3.05) is 11.5 Å². The van der Waals surface area contributed by atoms with Crippen LogP contribution < -0.4 is 20.9 Å². The van der Waals surface area contributed by atoms with Crippen LogP contribution in [0.2, 0.25) is 0 Å². The molecule has 4 N–H and O–H groups in total. The van der Waals surface area contributed by atoms with Crippen molar-refractivity contribution in [1.29, 1.82) is 0 Å². The van der Waals surface area contributed by atoms with Gasteiger partial charge in [0.2, 0.25) is 0 Å². The molecule has 0 unspecified atom stereocenters. The highest BCUT2D eigenvalue weighted by Gasteiger charge is 2.40. The van der Waals surface area contributed by atoms with Gasteiger partial charge in [0.05, 0.1) is 0 Å². The van der Waals surface area contributed by atoms with Crippen molar-refractivity contribution in [1.82, 2.24) is 0 Å². The molecule has 0 radical (unpaired) electrons. The molecule has 5 aromatic rings. The summed E-state index contributed by atoms with van der Waals surface area (Å²) >= 11 is 0. The van der Waals surface area contributed by atoms with Crippen LogP contribution in [0.1, 0.15) is 65.0 Å². The van der Waals surface area contributed by atoms with Crippen LogP contribution in [-0.2, 0) is 17.8 Å². The summed E-state index contributed by atoms with van der Waals surface area (Å²) in [5.41, 5.74) is 13.1. The first-order valence-corrected chi connectivity index (χ1v) is 15.8. The number of ether oxygens (including phenoxy) is 2. The fourth-order valence-electron chi connectivity index (χ4n) is 6.68. The molecule has 0 spiro atoms. The van der Waals surface area contributed by atoms with E-state index in [0.717, 1.165) is 48.9 Å². The van der Waals surface area contributed by atoms with Crippen LogP contribution in [0.4, 0.5) is 37.7 Å². The molecule has 1 aliphatic rings. The number of hydrogen-bond donors (Lipinski definition) is 2. The van der Waals surface area contributed by atoms with E-state index in [0.29, 0.717) is 5.92 Å². The maximum atomic E-state index is 13.7. The Morgan fingerprint density at radius 2 is 0.980 bits per heavy atom. The van der Waals surface area contributed by atoms with Crippen LogP contribution in [0.15, 0.2) is 109 Å². The van der Waals surface area contributed by atoms with Crippen LogP contribution in [0.5, 0.6) is 23.0 Å². The first kappa shape index (κ1) is 33.8. The standard InChI is InChI=1S/C39H34F6N2O2/c1-24-2-4-25(5-3-24)26-18-20-37(21-19-26,27-6-12-31(13-7-27)48-35-16-10-29(46)22-33(35)38(40,41)42)28-8-14-32(15-9-28)49-36-17-11-30(47)23-34(36)39(43,44)45/h2-17,22-23,26H,18-21,46-47H2,1H3. The minimum atomic E-state index is -4.65. The molecule has 49 heavy (non-hydrogen) atoms. The Labute approximate surface area is 280 Å². The van der Waals surface area contributed by atoms with Crippen LogP contribution >= 0.6 is 0 Å². The summed E-state index contributed by atoms with van der Waals surface area (Å²) in [4.78, 5) is 0. The molecule has 1 aliphatic carbocycles. The molecule has 4 nitrogen and oxygen atoms in total. The normalized spacial score (nSPS) is 15.2. The van der Waals surface area contributed by atoms with E-state index in [1.165, 1.54) is 35.4 Å². The van der Waals surface area contributed by atoms with Gasteiger partial charge in [-0.3, -0.25) is 0 Å². The second kappa shape index (κ2) is 13.1. The van der Waals surface area contributed by atoms with Gasteiger partial charge in [0.25, 0.3) is 0 Å². The fraction of sp³-hybridized carbons (Fsp3) is 0.231. The average molecular weight is 677 g/mol. The number of halogens is 6. The molecule has 0 atom stereocenters. The highest BCUT2D eigenvalue weighted by Crippen LogP contribution is 2.50. The predicted octanol–water partition coefficient (Wildman–Crippen LogP) is 11.4. The fourth-order valence-corrected chi connectivity index (χ4v) is 6.68. The Hall–Kier alpha value is -5.12. The van der Waals surface area contributed by atoms with Gasteiger partial charge in [0, 0.05) is 16.8 Å². The number of aryl methyl sites for hydroxylation is 1. The number of hydrogen-bond acceptors (Lipinski definition) is 4. The molecule has 5 aromatic carbocycles. The van der Waals surface area contributed by atoms with Crippen molar-refractivity contribution in [3.05, 3.63) is 143 Å². The van der Waals surface area contributed by atoms with Gasteiger partial charge in [-0.2, -0.15) is 26.3 Å². The summed E-state index contributed by atoms with van der Waals surface area (Å²) in [7, 11) is 0. The minimum Gasteiger partial charge on any atom is -0.457 e.